The van der Waals surface area contributed by atoms with Crippen molar-refractivity contribution < 1.29 is 0 Å². The summed E-state index contributed by atoms with van der Waals surface area (Å²) in [4.78, 5) is 0. The third kappa shape index (κ3) is 11.2. The Bertz CT molecular complexity index is 312. The summed E-state index contributed by atoms with van der Waals surface area (Å²) >= 11 is 0. The molecule has 12 N–H and O–H groups in total. The van der Waals surface area contributed by atoms with Crippen LogP contribution in [-0.4, -0.2) is 96.5 Å². The Hall–Kier alpha value is -0.440. The molecule has 0 aliphatic rings. The van der Waals surface area contributed by atoms with Gasteiger partial charge in [0.15, 0.2) is 0 Å². The molecule has 0 aromatic heterocycles. The SMILES string of the molecule is CN(N)CCN(N)CCN(N)CCN(N)CCN(N)C(C)(C)CN. The van der Waals surface area contributed by atoms with Crippen molar-refractivity contribution in [2.24, 2.45) is 34.9 Å². The van der Waals surface area contributed by atoms with Crippen molar-refractivity contribution in [1.29, 1.82) is 0 Å². The molecule has 0 saturated heterocycles. The number of hydrazine groups is 5. The van der Waals surface area contributed by atoms with Crippen molar-refractivity contribution in [2.45, 2.75) is 19.4 Å². The standard InChI is InChI=1S/C13H39N11/c1-13(2,12-14)24(19)11-10-23(18)9-8-22(17)7-6-21(16)5-4-20(3)15/h4-12,14-19H2,1-3H3. The second-order valence-electron chi connectivity index (χ2n) is 6.80. The maximum Gasteiger partial charge on any atom is 0.0418 e. The van der Waals surface area contributed by atoms with Gasteiger partial charge in [-0.3, -0.25) is 29.2 Å². The minimum atomic E-state index is -0.247. The van der Waals surface area contributed by atoms with Crippen LogP contribution in [0.15, 0.2) is 0 Å². The molecule has 0 spiro atoms. The number of likely N-dealkylation sites (N-methyl/N-ethyl adjacent to an activating group) is 1. The monoisotopic (exact) mass is 349 g/mol. The second kappa shape index (κ2) is 12.0. The number of rotatable bonds is 14. The Balaban J connectivity index is 3.84. The van der Waals surface area contributed by atoms with Crippen LogP contribution in [0.25, 0.3) is 0 Å². The van der Waals surface area contributed by atoms with Gasteiger partial charge in [-0.05, 0) is 13.8 Å². The van der Waals surface area contributed by atoms with Gasteiger partial charge in [0.2, 0.25) is 0 Å². The lowest BCUT2D eigenvalue weighted by Gasteiger charge is -2.34. The third-order valence-electron chi connectivity index (χ3n) is 3.99. The quantitative estimate of drug-likeness (QED) is 0.134. The van der Waals surface area contributed by atoms with Crippen LogP contribution in [-0.2, 0) is 0 Å². The molecule has 0 aromatic rings. The molecule has 0 fully saturated rings. The van der Waals surface area contributed by atoms with Crippen LogP contribution in [0.2, 0.25) is 0 Å². The number of hydrogen-bond acceptors (Lipinski definition) is 11. The van der Waals surface area contributed by atoms with E-state index in [1.54, 1.807) is 32.1 Å². The predicted molar refractivity (Wildman–Crippen MR) is 98.1 cm³/mol. The Morgan fingerprint density at radius 1 is 0.625 bits per heavy atom. The molecule has 0 aliphatic carbocycles. The maximum atomic E-state index is 6.00. The molecule has 0 rings (SSSR count). The summed E-state index contributed by atoms with van der Waals surface area (Å²) in [6, 6.07) is 0. The fourth-order valence-corrected chi connectivity index (χ4v) is 1.79. The molecular formula is C13H39N11. The molecule has 0 bridgehead atoms. The molecule has 24 heavy (non-hydrogen) atoms. The van der Waals surface area contributed by atoms with Gasteiger partial charge in [0.25, 0.3) is 0 Å². The zero-order chi connectivity index (χ0) is 18.8. The van der Waals surface area contributed by atoms with Crippen molar-refractivity contribution in [3.05, 3.63) is 0 Å². The van der Waals surface area contributed by atoms with E-state index in [1.807, 2.05) is 13.8 Å². The molecule has 0 aromatic carbocycles. The fraction of sp³-hybridized carbons (Fsp3) is 1.00. The van der Waals surface area contributed by atoms with Crippen molar-refractivity contribution in [3.63, 3.8) is 0 Å². The molecule has 11 nitrogen and oxygen atoms in total. The van der Waals surface area contributed by atoms with Gasteiger partial charge >= 0.3 is 0 Å². The van der Waals surface area contributed by atoms with E-state index < -0.39 is 0 Å². The smallest absolute Gasteiger partial charge is 0.0418 e. The Kier molecular flexibility index (Phi) is 11.8. The van der Waals surface area contributed by atoms with Crippen LogP contribution < -0.4 is 34.9 Å². The molecule has 0 radical (unpaired) electrons. The van der Waals surface area contributed by atoms with Crippen molar-refractivity contribution in [2.75, 3.05) is 66.0 Å². The molecule has 0 unspecified atom stereocenters. The summed E-state index contributed by atoms with van der Waals surface area (Å²) in [7, 11) is 1.80. The highest BCUT2D eigenvalue weighted by Crippen LogP contribution is 2.06. The van der Waals surface area contributed by atoms with Gasteiger partial charge in [-0.1, -0.05) is 0 Å². The number of nitrogens with two attached hydrogens (primary N) is 6. The first-order valence-corrected chi connectivity index (χ1v) is 8.25. The van der Waals surface area contributed by atoms with Gasteiger partial charge in [-0.2, -0.15) is 0 Å². The summed E-state index contributed by atoms with van der Waals surface area (Å²) in [6.07, 6.45) is 0. The highest BCUT2D eigenvalue weighted by molar-refractivity contribution is 4.79. The first kappa shape index (κ1) is 23.6. The fourth-order valence-electron chi connectivity index (χ4n) is 1.79. The van der Waals surface area contributed by atoms with E-state index >= 15 is 0 Å². The average Bonchev–Trinajstić information content (AvgIpc) is 2.53. The van der Waals surface area contributed by atoms with Crippen LogP contribution in [0.3, 0.4) is 0 Å². The summed E-state index contributed by atoms with van der Waals surface area (Å²) in [5, 5.41) is 8.42. The van der Waals surface area contributed by atoms with Crippen molar-refractivity contribution in [1.82, 2.24) is 25.0 Å². The highest BCUT2D eigenvalue weighted by Gasteiger charge is 2.22. The zero-order valence-electron chi connectivity index (χ0n) is 15.6. The van der Waals surface area contributed by atoms with E-state index in [0.717, 1.165) is 0 Å². The Labute approximate surface area is 146 Å². The average molecular weight is 350 g/mol. The van der Waals surface area contributed by atoms with E-state index in [9.17, 15) is 0 Å². The van der Waals surface area contributed by atoms with Gasteiger partial charge in [-0.25, -0.2) is 25.0 Å². The van der Waals surface area contributed by atoms with Crippen LogP contribution in [0, 0.1) is 0 Å². The molecule has 0 atom stereocenters. The molecule has 0 heterocycles. The van der Waals surface area contributed by atoms with Crippen LogP contribution in [0.5, 0.6) is 0 Å². The molecule has 0 aliphatic heterocycles. The Morgan fingerprint density at radius 3 is 1.29 bits per heavy atom. The minimum absolute atomic E-state index is 0.247. The lowest BCUT2D eigenvalue weighted by Crippen LogP contribution is -2.56. The first-order chi connectivity index (χ1) is 11.1. The van der Waals surface area contributed by atoms with Crippen molar-refractivity contribution >= 4 is 0 Å². The highest BCUT2D eigenvalue weighted by atomic mass is 15.5. The molecular weight excluding hydrogens is 310 g/mol. The molecule has 146 valence electrons. The summed E-state index contributed by atoms with van der Waals surface area (Å²) in [5.41, 5.74) is 5.45. The first-order valence-electron chi connectivity index (χ1n) is 8.25. The largest absolute Gasteiger partial charge is 0.329 e. The van der Waals surface area contributed by atoms with Crippen LogP contribution in [0.1, 0.15) is 13.8 Å². The number of nitrogens with zero attached hydrogens (tertiary/aromatic N) is 5. The zero-order valence-corrected chi connectivity index (χ0v) is 15.6. The lowest BCUT2D eigenvalue weighted by molar-refractivity contribution is 0.102. The van der Waals surface area contributed by atoms with Gasteiger partial charge in [0.1, 0.15) is 0 Å². The van der Waals surface area contributed by atoms with Crippen molar-refractivity contribution in [3.8, 4) is 0 Å². The third-order valence-corrected chi connectivity index (χ3v) is 3.99. The van der Waals surface area contributed by atoms with Gasteiger partial charge in [-0.15, -0.1) is 0 Å². The lowest BCUT2D eigenvalue weighted by atomic mass is 10.1. The van der Waals surface area contributed by atoms with E-state index in [2.05, 4.69) is 0 Å². The minimum Gasteiger partial charge on any atom is -0.329 e. The number of hydrogen-bond donors (Lipinski definition) is 6. The Morgan fingerprint density at radius 2 is 0.958 bits per heavy atom. The van der Waals surface area contributed by atoms with Crippen LogP contribution in [0.4, 0.5) is 0 Å². The summed E-state index contributed by atoms with van der Waals surface area (Å²) in [6.45, 7) is 9.74. The van der Waals surface area contributed by atoms with Gasteiger partial charge < -0.3 is 5.73 Å². The molecule has 0 saturated carbocycles. The van der Waals surface area contributed by atoms with Crippen LogP contribution >= 0.6 is 0 Å². The topological polar surface area (TPSA) is 172 Å². The van der Waals surface area contributed by atoms with E-state index in [4.69, 9.17) is 34.9 Å². The summed E-state index contributed by atoms with van der Waals surface area (Å²) in [5.74, 6) is 29.3. The van der Waals surface area contributed by atoms with E-state index in [-0.39, 0.29) is 5.54 Å². The maximum absolute atomic E-state index is 6.00. The van der Waals surface area contributed by atoms with Gasteiger partial charge in [0, 0.05) is 71.5 Å². The molecule has 0 amide bonds. The summed E-state index contributed by atoms with van der Waals surface area (Å²) < 4.78 is 0. The predicted octanol–water partition coefficient (Wildman–Crippen LogP) is -3.77. The van der Waals surface area contributed by atoms with E-state index in [1.165, 1.54) is 0 Å². The normalized spacial score (nSPS) is 13.2. The van der Waals surface area contributed by atoms with Gasteiger partial charge in [0.05, 0.1) is 0 Å². The second-order valence-corrected chi connectivity index (χ2v) is 6.80. The molecule has 11 heteroatoms. The van der Waals surface area contributed by atoms with E-state index in [0.29, 0.717) is 58.9 Å².